The van der Waals surface area contributed by atoms with Gasteiger partial charge in [-0.2, -0.15) is 0 Å². The number of imidazole rings is 1. The van der Waals surface area contributed by atoms with Crippen LogP contribution in [0.3, 0.4) is 0 Å². The third-order valence-electron chi connectivity index (χ3n) is 6.71. The van der Waals surface area contributed by atoms with Gasteiger partial charge in [-0.3, -0.25) is 13.9 Å². The van der Waals surface area contributed by atoms with E-state index < -0.39 is 27.9 Å². The van der Waals surface area contributed by atoms with E-state index >= 15 is 0 Å². The number of para-hydroxylation sites is 4. The minimum atomic E-state index is -4.23. The molecule has 1 unspecified atom stereocenters. The Kier molecular flexibility index (Phi) is 7.68. The van der Waals surface area contributed by atoms with Gasteiger partial charge in [0, 0.05) is 18.1 Å². The zero-order valence-electron chi connectivity index (χ0n) is 22.0. The lowest BCUT2D eigenvalue weighted by molar-refractivity contribution is -0.125. The zero-order chi connectivity index (χ0) is 28.4. The minimum Gasteiger partial charge on any atom is -0.356 e. The Morgan fingerprint density at radius 2 is 1.80 bits per heavy atom. The van der Waals surface area contributed by atoms with Crippen molar-refractivity contribution < 1.29 is 18.0 Å². The van der Waals surface area contributed by atoms with Crippen molar-refractivity contribution in [3.63, 3.8) is 0 Å². The smallest absolute Gasteiger partial charge is 0.265 e. The quantitative estimate of drug-likeness (QED) is 0.217. The normalized spacial score (nSPS) is 15.0. The highest BCUT2D eigenvalue weighted by Gasteiger charge is 2.42. The van der Waals surface area contributed by atoms with Gasteiger partial charge < -0.3 is 20.9 Å². The molecule has 1 atom stereocenters. The molecular formula is C28H29ClN6O4S. The van der Waals surface area contributed by atoms with E-state index in [0.717, 1.165) is 15.3 Å². The predicted octanol–water partition coefficient (Wildman–Crippen LogP) is 4.36. The van der Waals surface area contributed by atoms with Crippen LogP contribution in [0.15, 0.2) is 65.6 Å². The molecule has 0 saturated heterocycles. The van der Waals surface area contributed by atoms with Gasteiger partial charge >= 0.3 is 0 Å². The third kappa shape index (κ3) is 5.47. The van der Waals surface area contributed by atoms with Crippen LogP contribution < -0.4 is 20.3 Å². The van der Waals surface area contributed by atoms with E-state index in [-0.39, 0.29) is 11.3 Å². The van der Waals surface area contributed by atoms with Crippen LogP contribution in [0, 0.1) is 13.8 Å². The number of H-pyrrole nitrogens is 1. The molecule has 0 radical (unpaired) electrons. The maximum Gasteiger partial charge on any atom is 0.265 e. The molecule has 2 amide bonds. The van der Waals surface area contributed by atoms with Crippen molar-refractivity contribution in [1.82, 2.24) is 15.3 Å². The van der Waals surface area contributed by atoms with Crippen LogP contribution in [0.2, 0.25) is 5.02 Å². The number of hydrogen-bond acceptors (Lipinski definition) is 6. The molecule has 12 heteroatoms. The van der Waals surface area contributed by atoms with Crippen LogP contribution in [-0.4, -0.2) is 49.3 Å². The number of amides is 2. The first-order valence-electron chi connectivity index (χ1n) is 12.8. The Morgan fingerprint density at radius 3 is 2.60 bits per heavy atom. The molecule has 1 aromatic heterocycles. The van der Waals surface area contributed by atoms with Gasteiger partial charge in [-0.05, 0) is 67.8 Å². The largest absolute Gasteiger partial charge is 0.356 e. The van der Waals surface area contributed by atoms with E-state index in [1.807, 2.05) is 24.3 Å². The molecular weight excluding hydrogens is 552 g/mol. The highest BCUT2D eigenvalue weighted by atomic mass is 35.5. The Labute approximate surface area is 237 Å². The fourth-order valence-electron chi connectivity index (χ4n) is 4.68. The number of benzene rings is 3. The highest BCUT2D eigenvalue weighted by molar-refractivity contribution is 7.93. The van der Waals surface area contributed by atoms with Gasteiger partial charge in [-0.15, -0.1) is 0 Å². The van der Waals surface area contributed by atoms with Crippen molar-refractivity contribution in [1.29, 1.82) is 0 Å². The number of nitrogens with one attached hydrogen (secondary N) is 4. The minimum absolute atomic E-state index is 0.0287. The molecule has 4 N–H and O–H groups in total. The lowest BCUT2D eigenvalue weighted by Crippen LogP contribution is -2.52. The molecule has 4 aromatic rings. The summed E-state index contributed by atoms with van der Waals surface area (Å²) < 4.78 is 29.1. The van der Waals surface area contributed by atoms with Crippen molar-refractivity contribution in [3.05, 3.63) is 76.8 Å². The average molecular weight is 581 g/mol. The van der Waals surface area contributed by atoms with E-state index in [0.29, 0.717) is 53.0 Å². The molecule has 10 nitrogen and oxygen atoms in total. The molecule has 2 heterocycles. The van der Waals surface area contributed by atoms with Crippen molar-refractivity contribution in [3.8, 4) is 0 Å². The number of carbonyl (C=O) groups excluding carboxylic acids is 2. The molecule has 208 valence electrons. The second-order valence-corrected chi connectivity index (χ2v) is 11.8. The van der Waals surface area contributed by atoms with Gasteiger partial charge in [0.2, 0.25) is 17.8 Å². The van der Waals surface area contributed by atoms with Gasteiger partial charge in [0.05, 0.1) is 33.7 Å². The van der Waals surface area contributed by atoms with E-state index in [2.05, 4.69) is 25.9 Å². The zero-order valence-corrected chi connectivity index (χ0v) is 23.6. The van der Waals surface area contributed by atoms with E-state index in [4.69, 9.17) is 11.6 Å². The SMILES string of the molecule is Cc1cc(S(=O)(=O)N2c3ccccc3NC(=O)C2CC(=O)NCCCNc2nc3ccccc3[nH]2)c(C)cc1Cl. The number of aromatic nitrogens is 2. The number of aromatic amines is 1. The molecule has 0 spiro atoms. The fraction of sp³-hybridized carbons (Fsp3) is 0.250. The van der Waals surface area contributed by atoms with E-state index in [1.54, 1.807) is 44.2 Å². The van der Waals surface area contributed by atoms with Gasteiger partial charge in [-0.25, -0.2) is 13.4 Å². The molecule has 0 fully saturated rings. The number of sulfonamides is 1. The molecule has 3 aromatic carbocycles. The summed E-state index contributed by atoms with van der Waals surface area (Å²) in [6.07, 6.45) is 0.246. The monoisotopic (exact) mass is 580 g/mol. The van der Waals surface area contributed by atoms with Crippen LogP contribution in [0.4, 0.5) is 17.3 Å². The summed E-state index contributed by atoms with van der Waals surface area (Å²) in [5, 5.41) is 9.17. The second-order valence-electron chi connectivity index (χ2n) is 9.63. The number of hydrogen-bond donors (Lipinski definition) is 4. The number of anilines is 3. The summed E-state index contributed by atoms with van der Waals surface area (Å²) in [7, 11) is -4.23. The van der Waals surface area contributed by atoms with Crippen molar-refractivity contribution in [2.24, 2.45) is 0 Å². The molecule has 5 rings (SSSR count). The van der Waals surface area contributed by atoms with Crippen molar-refractivity contribution in [2.45, 2.75) is 37.6 Å². The first-order valence-corrected chi connectivity index (χ1v) is 14.6. The highest BCUT2D eigenvalue weighted by Crippen LogP contribution is 2.38. The summed E-state index contributed by atoms with van der Waals surface area (Å²) >= 11 is 6.21. The number of fused-ring (bicyclic) bond motifs is 2. The lowest BCUT2D eigenvalue weighted by atomic mass is 10.1. The fourth-order valence-corrected chi connectivity index (χ4v) is 6.83. The van der Waals surface area contributed by atoms with Crippen LogP contribution >= 0.6 is 11.6 Å². The van der Waals surface area contributed by atoms with Gasteiger partial charge in [-0.1, -0.05) is 35.9 Å². The first kappa shape index (κ1) is 27.5. The molecule has 0 aliphatic carbocycles. The molecule has 0 bridgehead atoms. The van der Waals surface area contributed by atoms with Gasteiger partial charge in [0.25, 0.3) is 10.0 Å². The molecule has 1 aliphatic rings. The topological polar surface area (TPSA) is 136 Å². The standard InChI is InChI=1S/C28H29ClN6O4S/c1-17-15-25(18(2)14-19(17)29)40(38,39)35-23-11-6-5-10-22(23)32-27(37)24(35)16-26(36)30-12-7-13-31-28-33-20-8-3-4-9-21(20)34-28/h3-6,8-11,14-15,24H,7,12-13,16H2,1-2H3,(H,30,36)(H,32,37)(H2,31,33,34). The lowest BCUT2D eigenvalue weighted by Gasteiger charge is -2.37. The number of halogens is 1. The summed E-state index contributed by atoms with van der Waals surface area (Å²) in [5.41, 5.74) is 3.46. The Bertz CT molecular complexity index is 1670. The third-order valence-corrected chi connectivity index (χ3v) is 9.09. The van der Waals surface area contributed by atoms with E-state index in [9.17, 15) is 18.0 Å². The molecule has 40 heavy (non-hydrogen) atoms. The summed E-state index contributed by atoms with van der Waals surface area (Å²) in [4.78, 5) is 33.7. The summed E-state index contributed by atoms with van der Waals surface area (Å²) in [6, 6.07) is 16.1. The van der Waals surface area contributed by atoms with Crippen LogP contribution in [0.25, 0.3) is 11.0 Å². The van der Waals surface area contributed by atoms with Gasteiger partial charge in [0.1, 0.15) is 6.04 Å². The number of nitrogens with zero attached hydrogens (tertiary/aromatic N) is 2. The first-order chi connectivity index (χ1) is 19.1. The molecule has 1 aliphatic heterocycles. The van der Waals surface area contributed by atoms with Gasteiger partial charge in [0.15, 0.2) is 0 Å². The summed E-state index contributed by atoms with van der Waals surface area (Å²) in [5.74, 6) is -0.376. The number of carbonyl (C=O) groups is 2. The number of aryl methyl sites for hydroxylation is 2. The van der Waals surface area contributed by atoms with Crippen molar-refractivity contribution in [2.75, 3.05) is 28.0 Å². The van der Waals surface area contributed by atoms with Crippen LogP contribution in [0.5, 0.6) is 0 Å². The summed E-state index contributed by atoms with van der Waals surface area (Å²) in [6.45, 7) is 4.24. The van der Waals surface area contributed by atoms with Crippen LogP contribution in [0.1, 0.15) is 24.0 Å². The van der Waals surface area contributed by atoms with Crippen LogP contribution in [-0.2, 0) is 19.6 Å². The predicted molar refractivity (Wildman–Crippen MR) is 156 cm³/mol. The Morgan fingerprint density at radius 1 is 1.05 bits per heavy atom. The Hall–Kier alpha value is -4.09. The second kappa shape index (κ2) is 11.2. The maximum absolute atomic E-state index is 14.0. The van der Waals surface area contributed by atoms with E-state index in [1.165, 1.54) is 6.07 Å². The maximum atomic E-state index is 14.0. The van der Waals surface area contributed by atoms with Crippen molar-refractivity contribution >= 4 is 61.8 Å². The average Bonchev–Trinajstić information content (AvgIpc) is 3.33. The Balaban J connectivity index is 1.29. The number of rotatable bonds is 9. The molecule has 0 saturated carbocycles.